The molecular formula is C18H15ClN2O. The van der Waals surface area contributed by atoms with Crippen molar-refractivity contribution in [2.75, 3.05) is 0 Å². The van der Waals surface area contributed by atoms with Crippen LogP contribution in [-0.4, -0.2) is 15.5 Å². The number of hydrogen-bond donors (Lipinski definition) is 0. The van der Waals surface area contributed by atoms with Gasteiger partial charge in [-0.3, -0.25) is 9.36 Å². The van der Waals surface area contributed by atoms with Crippen LogP contribution >= 0.6 is 11.6 Å². The summed E-state index contributed by atoms with van der Waals surface area (Å²) in [7, 11) is 0. The minimum Gasteiger partial charge on any atom is -0.269 e. The van der Waals surface area contributed by atoms with E-state index in [0.29, 0.717) is 5.02 Å². The number of aromatic nitrogens is 2. The lowest BCUT2D eigenvalue weighted by molar-refractivity contribution is 0.0974. The van der Waals surface area contributed by atoms with E-state index < -0.39 is 0 Å². The predicted molar refractivity (Wildman–Crippen MR) is 90.3 cm³/mol. The van der Waals surface area contributed by atoms with Crippen molar-refractivity contribution < 1.29 is 4.79 Å². The van der Waals surface area contributed by atoms with Gasteiger partial charge in [0, 0.05) is 11.1 Å². The molecule has 0 saturated heterocycles. The van der Waals surface area contributed by atoms with Crippen molar-refractivity contribution in [1.82, 2.24) is 9.55 Å². The Morgan fingerprint density at radius 3 is 2.55 bits per heavy atom. The second-order valence-electron chi connectivity index (χ2n) is 5.26. The van der Waals surface area contributed by atoms with Crippen molar-refractivity contribution >= 4 is 34.6 Å². The molecule has 4 heteroatoms. The lowest BCUT2D eigenvalue weighted by Crippen LogP contribution is -2.05. The summed E-state index contributed by atoms with van der Waals surface area (Å²) >= 11 is 5.85. The number of carbonyl (C=O) groups excluding carboxylic acids is 1. The Morgan fingerprint density at radius 1 is 1.14 bits per heavy atom. The number of halogens is 1. The highest BCUT2D eigenvalue weighted by molar-refractivity contribution is 6.30. The van der Waals surface area contributed by atoms with Crippen molar-refractivity contribution in [3.05, 3.63) is 70.5 Å². The van der Waals surface area contributed by atoms with E-state index in [9.17, 15) is 4.79 Å². The fourth-order valence-electron chi connectivity index (χ4n) is 2.26. The summed E-state index contributed by atoms with van der Waals surface area (Å²) in [5.74, 6) is -0.124. The predicted octanol–water partition coefficient (Wildman–Crippen LogP) is 4.66. The summed E-state index contributed by atoms with van der Waals surface area (Å²) in [6.45, 7) is 4.07. The normalized spacial score (nSPS) is 11.4. The topological polar surface area (TPSA) is 34.9 Å². The minimum absolute atomic E-state index is 0.124. The zero-order valence-corrected chi connectivity index (χ0v) is 13.1. The third-order valence-corrected chi connectivity index (χ3v) is 3.94. The summed E-state index contributed by atoms with van der Waals surface area (Å²) in [6.07, 6.45) is 4.88. The molecule has 0 bridgehead atoms. The molecular weight excluding hydrogens is 296 g/mol. The van der Waals surface area contributed by atoms with Crippen LogP contribution in [0, 0.1) is 13.8 Å². The van der Waals surface area contributed by atoms with Crippen LogP contribution in [0.2, 0.25) is 5.02 Å². The molecule has 0 N–H and O–H groups in total. The first-order valence-electron chi connectivity index (χ1n) is 6.97. The van der Waals surface area contributed by atoms with Crippen molar-refractivity contribution in [3.8, 4) is 0 Å². The van der Waals surface area contributed by atoms with Crippen LogP contribution in [0.25, 0.3) is 17.1 Å². The summed E-state index contributed by atoms with van der Waals surface area (Å²) in [5.41, 5.74) is 4.89. The van der Waals surface area contributed by atoms with E-state index in [1.165, 1.54) is 5.56 Å². The highest BCUT2D eigenvalue weighted by Gasteiger charge is 2.08. The van der Waals surface area contributed by atoms with Crippen LogP contribution < -0.4 is 0 Å². The first-order chi connectivity index (χ1) is 10.5. The molecule has 0 radical (unpaired) electrons. The maximum Gasteiger partial charge on any atom is 0.256 e. The lowest BCUT2D eigenvalue weighted by Gasteiger charge is -2.02. The molecule has 0 aliphatic rings. The molecule has 0 unspecified atom stereocenters. The summed E-state index contributed by atoms with van der Waals surface area (Å²) in [6, 6.07) is 11.3. The van der Waals surface area contributed by atoms with Gasteiger partial charge in [0.25, 0.3) is 5.91 Å². The Morgan fingerprint density at radius 2 is 1.82 bits per heavy atom. The number of allylic oxidation sites excluding steroid dienone is 1. The zero-order valence-electron chi connectivity index (χ0n) is 12.4. The molecule has 110 valence electrons. The molecule has 3 aromatic rings. The Balaban J connectivity index is 1.92. The van der Waals surface area contributed by atoms with E-state index >= 15 is 0 Å². The molecule has 0 amide bonds. The van der Waals surface area contributed by atoms with Crippen molar-refractivity contribution in [1.29, 1.82) is 0 Å². The van der Waals surface area contributed by atoms with Crippen LogP contribution in [0.3, 0.4) is 0 Å². The third-order valence-electron chi connectivity index (χ3n) is 3.69. The van der Waals surface area contributed by atoms with Gasteiger partial charge in [-0.1, -0.05) is 23.7 Å². The maximum atomic E-state index is 12.4. The number of fused-ring (bicyclic) bond motifs is 1. The molecule has 2 aromatic carbocycles. The lowest BCUT2D eigenvalue weighted by atomic mass is 10.1. The van der Waals surface area contributed by atoms with Crippen LogP contribution in [0.15, 0.2) is 48.8 Å². The number of rotatable bonds is 2. The van der Waals surface area contributed by atoms with E-state index in [2.05, 4.69) is 4.98 Å². The fraction of sp³-hybridized carbons (Fsp3) is 0.111. The van der Waals surface area contributed by atoms with Gasteiger partial charge in [0.2, 0.25) is 0 Å². The Labute approximate surface area is 133 Å². The molecule has 0 aliphatic heterocycles. The first kappa shape index (κ1) is 14.5. The number of imidazole rings is 1. The first-order valence-corrected chi connectivity index (χ1v) is 7.35. The van der Waals surface area contributed by atoms with Gasteiger partial charge in [0.1, 0.15) is 6.33 Å². The largest absolute Gasteiger partial charge is 0.269 e. The van der Waals surface area contributed by atoms with Gasteiger partial charge in [0.15, 0.2) is 0 Å². The molecule has 1 heterocycles. The summed E-state index contributed by atoms with van der Waals surface area (Å²) in [5, 5.41) is 0.676. The summed E-state index contributed by atoms with van der Waals surface area (Å²) in [4.78, 5) is 16.7. The van der Waals surface area contributed by atoms with Crippen LogP contribution in [-0.2, 0) is 0 Å². The van der Waals surface area contributed by atoms with Gasteiger partial charge in [-0.25, -0.2) is 4.98 Å². The smallest absolute Gasteiger partial charge is 0.256 e. The van der Waals surface area contributed by atoms with Gasteiger partial charge in [-0.05, 0) is 60.9 Å². The van der Waals surface area contributed by atoms with E-state index in [-0.39, 0.29) is 5.91 Å². The molecule has 22 heavy (non-hydrogen) atoms. The fourth-order valence-corrected chi connectivity index (χ4v) is 2.39. The zero-order chi connectivity index (χ0) is 15.7. The number of benzene rings is 2. The van der Waals surface area contributed by atoms with E-state index in [1.54, 1.807) is 35.2 Å². The molecule has 3 rings (SSSR count). The second-order valence-corrected chi connectivity index (χ2v) is 5.70. The monoisotopic (exact) mass is 310 g/mol. The molecule has 3 nitrogen and oxygen atoms in total. The van der Waals surface area contributed by atoms with Crippen LogP contribution in [0.4, 0.5) is 0 Å². The van der Waals surface area contributed by atoms with Gasteiger partial charge in [-0.15, -0.1) is 0 Å². The van der Waals surface area contributed by atoms with Crippen LogP contribution in [0.1, 0.15) is 21.5 Å². The summed E-state index contributed by atoms with van der Waals surface area (Å²) < 4.78 is 1.56. The molecule has 1 aromatic heterocycles. The second kappa shape index (κ2) is 5.78. The van der Waals surface area contributed by atoms with Gasteiger partial charge >= 0.3 is 0 Å². The Bertz CT molecular complexity index is 876. The third kappa shape index (κ3) is 2.81. The number of carbonyl (C=O) groups is 1. The molecule has 0 atom stereocenters. The highest BCUT2D eigenvalue weighted by atomic mass is 35.5. The quantitative estimate of drug-likeness (QED) is 0.645. The average Bonchev–Trinajstić information content (AvgIpc) is 2.90. The number of hydrogen-bond acceptors (Lipinski definition) is 2. The Hall–Kier alpha value is -2.39. The molecule has 0 aliphatic carbocycles. The minimum atomic E-state index is -0.124. The average molecular weight is 311 g/mol. The van der Waals surface area contributed by atoms with E-state index in [1.807, 2.05) is 38.1 Å². The molecule has 0 fully saturated rings. The molecule has 0 spiro atoms. The van der Waals surface area contributed by atoms with Gasteiger partial charge in [0.05, 0.1) is 11.0 Å². The van der Waals surface area contributed by atoms with Gasteiger partial charge < -0.3 is 0 Å². The van der Waals surface area contributed by atoms with E-state index in [0.717, 1.165) is 22.2 Å². The number of aryl methyl sites for hydroxylation is 2. The van der Waals surface area contributed by atoms with Crippen molar-refractivity contribution in [2.24, 2.45) is 0 Å². The van der Waals surface area contributed by atoms with Crippen molar-refractivity contribution in [3.63, 3.8) is 0 Å². The van der Waals surface area contributed by atoms with Crippen LogP contribution in [0.5, 0.6) is 0 Å². The molecule has 0 saturated carbocycles. The standard InChI is InChI=1S/C18H15ClN2O/c1-12-9-16-17(10-13(12)2)21(11-20-16)18(22)8-5-14-3-6-15(19)7-4-14/h3-11H,1-2H3. The number of nitrogens with zero attached hydrogens (tertiary/aromatic N) is 2. The highest BCUT2D eigenvalue weighted by Crippen LogP contribution is 2.18. The van der Waals surface area contributed by atoms with Gasteiger partial charge in [-0.2, -0.15) is 0 Å². The Kier molecular flexibility index (Phi) is 3.82. The SMILES string of the molecule is Cc1cc2ncn(C(=O)C=Cc3ccc(Cl)cc3)c2cc1C. The maximum absolute atomic E-state index is 12.4. The van der Waals surface area contributed by atoms with Crippen molar-refractivity contribution in [2.45, 2.75) is 13.8 Å². The van der Waals surface area contributed by atoms with E-state index in [4.69, 9.17) is 11.6 Å².